The minimum atomic E-state index is -0.608. The predicted molar refractivity (Wildman–Crippen MR) is 124 cm³/mol. The van der Waals surface area contributed by atoms with Crippen LogP contribution in [0.2, 0.25) is 10.0 Å². The molecule has 0 spiro atoms. The molecular weight excluding hydrogens is 419 g/mol. The van der Waals surface area contributed by atoms with Gasteiger partial charge in [-0.15, -0.1) is 0 Å². The number of hydrogen-bond acceptors (Lipinski definition) is 2. The number of hydrogen-bond donors (Lipinski definition) is 1. The van der Waals surface area contributed by atoms with Gasteiger partial charge in [-0.2, -0.15) is 0 Å². The van der Waals surface area contributed by atoms with E-state index in [1.807, 2.05) is 52.0 Å². The Morgan fingerprint density at radius 3 is 2.20 bits per heavy atom. The molecule has 1 N–H and O–H groups in total. The van der Waals surface area contributed by atoms with Crippen LogP contribution in [0.25, 0.3) is 0 Å². The van der Waals surface area contributed by atoms with Crippen molar-refractivity contribution in [1.82, 2.24) is 10.2 Å². The van der Waals surface area contributed by atoms with Crippen LogP contribution in [0.15, 0.2) is 42.5 Å². The van der Waals surface area contributed by atoms with E-state index in [0.717, 1.165) is 17.5 Å². The summed E-state index contributed by atoms with van der Waals surface area (Å²) >= 11 is 12.7. The molecule has 2 aromatic carbocycles. The number of carbonyl (C=O) groups excluding carboxylic acids is 2. The summed E-state index contributed by atoms with van der Waals surface area (Å²) in [5.41, 5.74) is 2.63. The van der Waals surface area contributed by atoms with E-state index >= 15 is 0 Å². The molecule has 0 aromatic heterocycles. The van der Waals surface area contributed by atoms with Gasteiger partial charge in [0.05, 0.1) is 6.42 Å². The summed E-state index contributed by atoms with van der Waals surface area (Å²) in [7, 11) is 0. The fraction of sp³-hybridized carbons (Fsp3) is 0.417. The zero-order valence-corrected chi connectivity index (χ0v) is 19.6. The Labute approximate surface area is 189 Å². The third-order valence-electron chi connectivity index (χ3n) is 5.38. The summed E-state index contributed by atoms with van der Waals surface area (Å²) < 4.78 is 0. The lowest BCUT2D eigenvalue weighted by Gasteiger charge is -2.32. The average Bonchev–Trinajstić information content (AvgIpc) is 2.71. The number of carbonyl (C=O) groups is 2. The maximum atomic E-state index is 13.4. The lowest BCUT2D eigenvalue weighted by atomic mass is 10.0. The number of nitrogens with one attached hydrogen (secondary N) is 1. The molecule has 2 amide bonds. The van der Waals surface area contributed by atoms with E-state index < -0.39 is 6.04 Å². The molecule has 0 unspecified atom stereocenters. The molecular formula is C24H30Cl2N2O2. The molecule has 2 aromatic rings. The number of benzene rings is 2. The van der Waals surface area contributed by atoms with Crippen LogP contribution < -0.4 is 5.32 Å². The van der Waals surface area contributed by atoms with Gasteiger partial charge in [0, 0.05) is 28.2 Å². The van der Waals surface area contributed by atoms with E-state index in [4.69, 9.17) is 23.2 Å². The summed E-state index contributed by atoms with van der Waals surface area (Å²) in [5, 5.41) is 3.97. The highest BCUT2D eigenvalue weighted by Crippen LogP contribution is 2.27. The minimum Gasteiger partial charge on any atom is -0.352 e. The van der Waals surface area contributed by atoms with Crippen molar-refractivity contribution >= 4 is 35.0 Å². The van der Waals surface area contributed by atoms with Crippen LogP contribution in [0.1, 0.15) is 50.3 Å². The zero-order chi connectivity index (χ0) is 22.3. The molecule has 6 heteroatoms. The molecule has 0 aliphatic carbocycles. The predicted octanol–water partition coefficient (Wildman–Crippen LogP) is 5.57. The van der Waals surface area contributed by atoms with Gasteiger partial charge in [0.1, 0.15) is 6.04 Å². The third-order valence-corrected chi connectivity index (χ3v) is 6.09. The number of halogens is 2. The van der Waals surface area contributed by atoms with Crippen LogP contribution >= 0.6 is 23.2 Å². The minimum absolute atomic E-state index is 0.0313. The second kappa shape index (κ2) is 11.4. The molecule has 0 aliphatic heterocycles. The van der Waals surface area contributed by atoms with Crippen molar-refractivity contribution in [3.63, 3.8) is 0 Å². The van der Waals surface area contributed by atoms with E-state index in [1.54, 1.807) is 23.1 Å². The normalized spacial score (nSPS) is 12.9. The zero-order valence-electron chi connectivity index (χ0n) is 18.0. The third kappa shape index (κ3) is 6.23. The van der Waals surface area contributed by atoms with Gasteiger partial charge >= 0.3 is 0 Å². The first-order valence-electron chi connectivity index (χ1n) is 10.4. The smallest absolute Gasteiger partial charge is 0.243 e. The van der Waals surface area contributed by atoms with Crippen LogP contribution in [0.5, 0.6) is 0 Å². The second-order valence-corrected chi connectivity index (χ2v) is 8.38. The van der Waals surface area contributed by atoms with Crippen molar-refractivity contribution < 1.29 is 9.59 Å². The van der Waals surface area contributed by atoms with Crippen LogP contribution in [0.4, 0.5) is 0 Å². The quantitative estimate of drug-likeness (QED) is 0.545. The van der Waals surface area contributed by atoms with Gasteiger partial charge in [-0.05, 0) is 49.9 Å². The molecule has 0 radical (unpaired) electrons. The highest BCUT2D eigenvalue weighted by molar-refractivity contribution is 6.36. The molecule has 0 saturated heterocycles. The first-order chi connectivity index (χ1) is 14.3. The Kier molecular flexibility index (Phi) is 9.19. The highest BCUT2D eigenvalue weighted by Gasteiger charge is 2.30. The molecule has 0 bridgehead atoms. The van der Waals surface area contributed by atoms with Crippen molar-refractivity contribution in [1.29, 1.82) is 0 Å². The monoisotopic (exact) mass is 448 g/mol. The summed E-state index contributed by atoms with van der Waals surface area (Å²) in [5.74, 6) is -0.292. The van der Waals surface area contributed by atoms with Crippen molar-refractivity contribution in [2.45, 2.75) is 65.6 Å². The van der Waals surface area contributed by atoms with Crippen LogP contribution in [-0.2, 0) is 22.6 Å². The lowest BCUT2D eigenvalue weighted by Crippen LogP contribution is -2.51. The molecule has 2 atom stereocenters. The van der Waals surface area contributed by atoms with E-state index in [1.165, 1.54) is 0 Å². The largest absolute Gasteiger partial charge is 0.352 e. The standard InChI is InChI=1S/C24H30Cl2N2O2/c1-5-17(4)27-24(30)22(6-2)28(15-19-20(25)12-9-13-21(19)26)23(29)14-18-11-8-7-10-16(18)3/h7-13,17,22H,5-6,14-15H2,1-4H3,(H,27,30)/t17-,22+/m1/s1. The van der Waals surface area contributed by atoms with Crippen LogP contribution in [-0.4, -0.2) is 28.8 Å². The Morgan fingerprint density at radius 2 is 1.63 bits per heavy atom. The van der Waals surface area contributed by atoms with Gasteiger partial charge in [-0.3, -0.25) is 9.59 Å². The van der Waals surface area contributed by atoms with Crippen molar-refractivity contribution in [3.05, 3.63) is 69.2 Å². The number of rotatable bonds is 9. The maximum Gasteiger partial charge on any atom is 0.243 e. The maximum absolute atomic E-state index is 13.4. The molecule has 4 nitrogen and oxygen atoms in total. The summed E-state index contributed by atoms with van der Waals surface area (Å²) in [6, 6.07) is 12.4. The Morgan fingerprint density at radius 1 is 1.00 bits per heavy atom. The van der Waals surface area contributed by atoms with Gasteiger partial charge in [-0.1, -0.05) is 67.4 Å². The Hall–Kier alpha value is -2.04. The average molecular weight is 449 g/mol. The van der Waals surface area contributed by atoms with E-state index in [-0.39, 0.29) is 30.8 Å². The molecule has 0 fully saturated rings. The van der Waals surface area contributed by atoms with E-state index in [2.05, 4.69) is 5.32 Å². The van der Waals surface area contributed by atoms with Crippen molar-refractivity contribution in [2.75, 3.05) is 0 Å². The highest BCUT2D eigenvalue weighted by atomic mass is 35.5. The molecule has 162 valence electrons. The second-order valence-electron chi connectivity index (χ2n) is 7.57. The van der Waals surface area contributed by atoms with Crippen molar-refractivity contribution in [3.8, 4) is 0 Å². The topological polar surface area (TPSA) is 49.4 Å². The first kappa shape index (κ1) is 24.2. The van der Waals surface area contributed by atoms with Gasteiger partial charge in [0.15, 0.2) is 0 Å². The number of amides is 2. The number of nitrogens with zero attached hydrogens (tertiary/aromatic N) is 1. The van der Waals surface area contributed by atoms with Crippen LogP contribution in [0, 0.1) is 6.92 Å². The van der Waals surface area contributed by atoms with E-state index in [9.17, 15) is 9.59 Å². The molecule has 0 saturated carbocycles. The van der Waals surface area contributed by atoms with Gasteiger partial charge < -0.3 is 10.2 Å². The first-order valence-corrected chi connectivity index (χ1v) is 11.1. The Balaban J connectivity index is 2.38. The molecule has 0 heterocycles. The van der Waals surface area contributed by atoms with Gasteiger partial charge in [-0.25, -0.2) is 0 Å². The molecule has 2 rings (SSSR count). The summed E-state index contributed by atoms with van der Waals surface area (Å²) in [6.07, 6.45) is 1.52. The summed E-state index contributed by atoms with van der Waals surface area (Å²) in [6.45, 7) is 8.02. The Bertz CT molecular complexity index is 865. The number of aryl methyl sites for hydroxylation is 1. The van der Waals surface area contributed by atoms with Crippen LogP contribution in [0.3, 0.4) is 0 Å². The molecule has 0 aliphatic rings. The lowest BCUT2D eigenvalue weighted by molar-refractivity contribution is -0.141. The fourth-order valence-corrected chi connectivity index (χ4v) is 3.80. The molecule has 30 heavy (non-hydrogen) atoms. The fourth-order valence-electron chi connectivity index (χ4n) is 3.29. The van der Waals surface area contributed by atoms with E-state index in [0.29, 0.717) is 22.0 Å². The van der Waals surface area contributed by atoms with Gasteiger partial charge in [0.25, 0.3) is 0 Å². The summed E-state index contributed by atoms with van der Waals surface area (Å²) in [4.78, 5) is 28.0. The van der Waals surface area contributed by atoms with Gasteiger partial charge in [0.2, 0.25) is 11.8 Å². The van der Waals surface area contributed by atoms with Crippen molar-refractivity contribution in [2.24, 2.45) is 0 Å². The SMILES string of the molecule is CC[C@@H](C)NC(=O)[C@H](CC)N(Cc1c(Cl)cccc1Cl)C(=O)Cc1ccccc1C.